The third kappa shape index (κ3) is 4.58. The van der Waals surface area contributed by atoms with Crippen molar-refractivity contribution in [1.29, 1.82) is 0 Å². The number of benzene rings is 1. The molecule has 1 aromatic heterocycles. The smallest absolute Gasteiger partial charge is 0.209 e. The molecule has 0 saturated carbocycles. The van der Waals surface area contributed by atoms with E-state index < -0.39 is 0 Å². The second kappa shape index (κ2) is 8.30. The highest BCUT2D eigenvalue weighted by Crippen LogP contribution is 2.28. The molecule has 128 valence electrons. The van der Waals surface area contributed by atoms with Crippen LogP contribution in [-0.4, -0.2) is 57.9 Å². The van der Waals surface area contributed by atoms with Crippen LogP contribution in [0.25, 0.3) is 11.4 Å². The zero-order chi connectivity index (χ0) is 16.8. The molecule has 0 radical (unpaired) electrons. The van der Waals surface area contributed by atoms with Crippen molar-refractivity contribution in [2.24, 2.45) is 0 Å². The van der Waals surface area contributed by atoms with E-state index >= 15 is 0 Å². The number of aromatic amines is 1. The predicted octanol–water partition coefficient (Wildman–Crippen LogP) is 2.63. The number of hydrogen-bond acceptors (Lipinski definition) is 6. The number of aromatic nitrogens is 3. The van der Waals surface area contributed by atoms with Crippen LogP contribution in [0.4, 0.5) is 0 Å². The quantitative estimate of drug-likeness (QED) is 0.741. The first kappa shape index (κ1) is 17.0. The number of Topliss-reactive ketones (excluding diaryl/α,β-unsaturated/α-hetero) is 1. The summed E-state index contributed by atoms with van der Waals surface area (Å²) in [5.41, 5.74) is 0.890. The largest absolute Gasteiger partial charge is 0.491 e. The molecule has 1 N–H and O–H groups in total. The molecule has 0 atom stereocenters. The Morgan fingerprint density at radius 1 is 1.33 bits per heavy atom. The number of ketones is 1. The Labute approximate surface area is 146 Å². The lowest BCUT2D eigenvalue weighted by Crippen LogP contribution is -2.25. The van der Waals surface area contributed by atoms with Crippen molar-refractivity contribution in [1.82, 2.24) is 20.1 Å². The number of rotatable bonds is 8. The van der Waals surface area contributed by atoms with Crippen LogP contribution in [0.2, 0.25) is 0 Å². The van der Waals surface area contributed by atoms with Gasteiger partial charge in [-0.15, -0.1) is 5.10 Å². The van der Waals surface area contributed by atoms with E-state index in [0.717, 1.165) is 17.9 Å². The van der Waals surface area contributed by atoms with Crippen LogP contribution in [0.15, 0.2) is 29.4 Å². The van der Waals surface area contributed by atoms with E-state index in [2.05, 4.69) is 20.1 Å². The fourth-order valence-electron chi connectivity index (χ4n) is 2.68. The van der Waals surface area contributed by atoms with Gasteiger partial charge in [0.25, 0.3) is 0 Å². The second-order valence-corrected chi connectivity index (χ2v) is 6.79. The van der Waals surface area contributed by atoms with Crippen molar-refractivity contribution in [3.8, 4) is 17.1 Å². The highest BCUT2D eigenvalue weighted by atomic mass is 32.2. The average Bonchev–Trinajstić information content (AvgIpc) is 3.25. The normalized spacial score (nSPS) is 14.9. The van der Waals surface area contributed by atoms with Crippen molar-refractivity contribution in [2.75, 3.05) is 32.0 Å². The van der Waals surface area contributed by atoms with E-state index in [1.807, 2.05) is 24.3 Å². The molecule has 0 amide bonds. The van der Waals surface area contributed by atoms with Crippen molar-refractivity contribution in [3.63, 3.8) is 0 Å². The first-order valence-electron chi connectivity index (χ1n) is 8.21. The number of carbonyl (C=O) groups is 1. The number of para-hydroxylation sites is 1. The van der Waals surface area contributed by atoms with Gasteiger partial charge in [-0.3, -0.25) is 14.8 Å². The molecule has 0 unspecified atom stereocenters. The van der Waals surface area contributed by atoms with E-state index in [4.69, 9.17) is 4.74 Å². The summed E-state index contributed by atoms with van der Waals surface area (Å²) >= 11 is 1.33. The van der Waals surface area contributed by atoms with Gasteiger partial charge in [-0.05, 0) is 45.0 Å². The number of ether oxygens (including phenoxy) is 1. The lowest BCUT2D eigenvalue weighted by atomic mass is 10.2. The van der Waals surface area contributed by atoms with Crippen LogP contribution in [0.3, 0.4) is 0 Å². The summed E-state index contributed by atoms with van der Waals surface area (Å²) < 4.78 is 5.97. The molecule has 1 aliphatic heterocycles. The van der Waals surface area contributed by atoms with Crippen molar-refractivity contribution < 1.29 is 9.53 Å². The zero-order valence-corrected chi connectivity index (χ0v) is 14.6. The minimum absolute atomic E-state index is 0.108. The van der Waals surface area contributed by atoms with Gasteiger partial charge in [-0.1, -0.05) is 23.9 Å². The van der Waals surface area contributed by atoms with E-state index in [-0.39, 0.29) is 5.78 Å². The molecule has 1 saturated heterocycles. The fraction of sp³-hybridized carbons (Fsp3) is 0.471. The first-order chi connectivity index (χ1) is 11.7. The Hall–Kier alpha value is -1.86. The van der Waals surface area contributed by atoms with Gasteiger partial charge in [0.1, 0.15) is 18.1 Å². The zero-order valence-electron chi connectivity index (χ0n) is 13.8. The molecule has 2 heterocycles. The summed E-state index contributed by atoms with van der Waals surface area (Å²) in [6.45, 7) is 5.51. The molecule has 1 fully saturated rings. The van der Waals surface area contributed by atoms with Crippen molar-refractivity contribution >= 4 is 17.5 Å². The van der Waals surface area contributed by atoms with Crippen LogP contribution >= 0.6 is 11.8 Å². The number of thioether (sulfide) groups is 1. The highest BCUT2D eigenvalue weighted by Gasteiger charge is 2.14. The second-order valence-electron chi connectivity index (χ2n) is 5.85. The van der Waals surface area contributed by atoms with Gasteiger partial charge < -0.3 is 4.74 Å². The molecule has 1 aromatic carbocycles. The Morgan fingerprint density at radius 3 is 2.92 bits per heavy atom. The standard InChI is InChI=1S/C17H22N4O2S/c1-13(22)12-24-17-18-16(19-20-17)14-6-2-3-7-15(14)23-11-10-21-8-4-5-9-21/h2-3,6-7H,4-5,8-12H2,1H3,(H,18,19,20). The highest BCUT2D eigenvalue weighted by molar-refractivity contribution is 7.99. The number of nitrogens with one attached hydrogen (secondary N) is 1. The summed E-state index contributed by atoms with van der Waals surface area (Å²) in [5.74, 6) is 1.96. The summed E-state index contributed by atoms with van der Waals surface area (Å²) in [7, 11) is 0. The van der Waals surface area contributed by atoms with Crippen molar-refractivity contribution in [3.05, 3.63) is 24.3 Å². The molecular formula is C17H22N4O2S. The number of hydrogen-bond donors (Lipinski definition) is 1. The first-order valence-corrected chi connectivity index (χ1v) is 9.20. The summed E-state index contributed by atoms with van der Waals surface area (Å²) in [5, 5.41) is 7.67. The fourth-order valence-corrected chi connectivity index (χ4v) is 3.28. The molecule has 24 heavy (non-hydrogen) atoms. The van der Waals surface area contributed by atoms with Crippen LogP contribution in [0, 0.1) is 0 Å². The molecule has 2 aromatic rings. The maximum atomic E-state index is 11.1. The predicted molar refractivity (Wildman–Crippen MR) is 94.4 cm³/mol. The van der Waals surface area contributed by atoms with Gasteiger partial charge in [0, 0.05) is 6.54 Å². The average molecular weight is 346 g/mol. The van der Waals surface area contributed by atoms with Crippen molar-refractivity contribution in [2.45, 2.75) is 24.9 Å². The number of likely N-dealkylation sites (tertiary alicyclic amines) is 1. The third-order valence-corrected chi connectivity index (χ3v) is 4.87. The molecule has 0 spiro atoms. The van der Waals surface area contributed by atoms with Gasteiger partial charge >= 0.3 is 0 Å². The van der Waals surface area contributed by atoms with E-state index in [0.29, 0.717) is 23.3 Å². The van der Waals surface area contributed by atoms with E-state index in [9.17, 15) is 4.79 Å². The molecule has 0 aliphatic carbocycles. The lowest BCUT2D eigenvalue weighted by Gasteiger charge is -2.16. The number of H-pyrrole nitrogens is 1. The van der Waals surface area contributed by atoms with E-state index in [1.165, 1.54) is 37.7 Å². The number of nitrogens with zero attached hydrogens (tertiary/aromatic N) is 3. The summed E-state index contributed by atoms with van der Waals surface area (Å²) in [6, 6.07) is 7.82. The van der Waals surface area contributed by atoms with E-state index in [1.54, 1.807) is 6.92 Å². The van der Waals surface area contributed by atoms with Crippen LogP contribution in [-0.2, 0) is 4.79 Å². The monoisotopic (exact) mass is 346 g/mol. The molecule has 0 bridgehead atoms. The molecule has 3 rings (SSSR count). The Bertz CT molecular complexity index is 683. The maximum absolute atomic E-state index is 11.1. The van der Waals surface area contributed by atoms with Gasteiger partial charge in [0.05, 0.1) is 11.3 Å². The minimum Gasteiger partial charge on any atom is -0.491 e. The van der Waals surface area contributed by atoms with Gasteiger partial charge in [-0.25, -0.2) is 4.98 Å². The molecule has 7 heteroatoms. The Balaban J connectivity index is 1.63. The Morgan fingerprint density at radius 2 is 2.12 bits per heavy atom. The van der Waals surface area contributed by atoms with Gasteiger partial charge in [-0.2, -0.15) is 0 Å². The minimum atomic E-state index is 0.108. The molecular weight excluding hydrogens is 324 g/mol. The molecule has 6 nitrogen and oxygen atoms in total. The summed E-state index contributed by atoms with van der Waals surface area (Å²) in [4.78, 5) is 17.9. The topological polar surface area (TPSA) is 71.1 Å². The Kier molecular flexibility index (Phi) is 5.87. The van der Waals surface area contributed by atoms with Gasteiger partial charge in [0.15, 0.2) is 5.82 Å². The maximum Gasteiger partial charge on any atom is 0.209 e. The summed E-state index contributed by atoms with van der Waals surface area (Å²) in [6.07, 6.45) is 2.57. The number of carbonyl (C=O) groups excluding carboxylic acids is 1. The lowest BCUT2D eigenvalue weighted by molar-refractivity contribution is -0.114. The van der Waals surface area contributed by atoms with Crippen LogP contribution in [0.5, 0.6) is 5.75 Å². The van der Waals surface area contributed by atoms with Crippen LogP contribution < -0.4 is 4.74 Å². The van der Waals surface area contributed by atoms with Crippen LogP contribution in [0.1, 0.15) is 19.8 Å². The third-order valence-electron chi connectivity index (χ3n) is 3.88. The van der Waals surface area contributed by atoms with Gasteiger partial charge in [0.2, 0.25) is 5.16 Å². The SMILES string of the molecule is CC(=O)CSc1n[nH]c(-c2ccccc2OCCN2CCCC2)n1. The molecule has 1 aliphatic rings.